The standard InChI is InChI=1S/C14H20F2N2O2S/c1-2-10-6-7-18(11(8-10)9-17)21(19,20)14-12(15)4-3-5-13(14)16/h3-5,10-11H,2,6-9,17H2,1H3. The number of rotatable bonds is 4. The van der Waals surface area contributed by atoms with E-state index >= 15 is 0 Å². The number of nitrogens with zero attached hydrogens (tertiary/aromatic N) is 1. The zero-order valence-electron chi connectivity index (χ0n) is 11.9. The second-order valence-corrected chi connectivity index (χ2v) is 7.18. The van der Waals surface area contributed by atoms with Crippen molar-refractivity contribution in [3.8, 4) is 0 Å². The highest BCUT2D eigenvalue weighted by Crippen LogP contribution is 2.31. The van der Waals surface area contributed by atoms with Crippen LogP contribution in [0.1, 0.15) is 26.2 Å². The van der Waals surface area contributed by atoms with Crippen LogP contribution in [-0.2, 0) is 10.0 Å². The average Bonchev–Trinajstić information content (AvgIpc) is 2.46. The van der Waals surface area contributed by atoms with Crippen molar-refractivity contribution >= 4 is 10.0 Å². The van der Waals surface area contributed by atoms with Crippen molar-refractivity contribution in [2.75, 3.05) is 13.1 Å². The molecule has 1 aliphatic heterocycles. The van der Waals surface area contributed by atoms with Gasteiger partial charge in [0, 0.05) is 19.1 Å². The number of hydrogen-bond acceptors (Lipinski definition) is 3. The van der Waals surface area contributed by atoms with Crippen LogP contribution in [-0.4, -0.2) is 31.9 Å². The number of benzene rings is 1. The molecule has 0 saturated carbocycles. The summed E-state index contributed by atoms with van der Waals surface area (Å²) in [5.74, 6) is -1.73. The van der Waals surface area contributed by atoms with Gasteiger partial charge in [-0.1, -0.05) is 19.4 Å². The van der Waals surface area contributed by atoms with Gasteiger partial charge >= 0.3 is 0 Å². The Morgan fingerprint density at radius 1 is 1.33 bits per heavy atom. The second-order valence-electron chi connectivity index (χ2n) is 5.35. The Kier molecular flexibility index (Phi) is 4.95. The van der Waals surface area contributed by atoms with Gasteiger partial charge in [-0.3, -0.25) is 0 Å². The molecule has 0 aromatic heterocycles. The third-order valence-corrected chi connectivity index (χ3v) is 6.11. The van der Waals surface area contributed by atoms with Gasteiger partial charge in [0.1, 0.15) is 11.6 Å². The normalized spacial score (nSPS) is 24.2. The first kappa shape index (κ1) is 16.3. The summed E-state index contributed by atoms with van der Waals surface area (Å²) in [6.07, 6.45) is 2.25. The Hall–Kier alpha value is -1.05. The fourth-order valence-electron chi connectivity index (χ4n) is 2.86. The molecule has 7 heteroatoms. The fraction of sp³-hybridized carbons (Fsp3) is 0.571. The highest BCUT2D eigenvalue weighted by atomic mass is 32.2. The Morgan fingerprint density at radius 2 is 1.95 bits per heavy atom. The summed E-state index contributed by atoms with van der Waals surface area (Å²) in [6.45, 7) is 2.43. The molecule has 2 atom stereocenters. The van der Waals surface area contributed by atoms with Gasteiger partial charge in [0.25, 0.3) is 0 Å². The van der Waals surface area contributed by atoms with E-state index in [-0.39, 0.29) is 13.1 Å². The average molecular weight is 318 g/mol. The van der Waals surface area contributed by atoms with Gasteiger partial charge in [0.2, 0.25) is 10.0 Å². The molecule has 2 N–H and O–H groups in total. The van der Waals surface area contributed by atoms with Gasteiger partial charge in [-0.05, 0) is 30.9 Å². The van der Waals surface area contributed by atoms with Crippen molar-refractivity contribution < 1.29 is 17.2 Å². The Morgan fingerprint density at radius 3 is 2.48 bits per heavy atom. The summed E-state index contributed by atoms with van der Waals surface area (Å²) in [5.41, 5.74) is 5.67. The zero-order valence-corrected chi connectivity index (χ0v) is 12.7. The molecule has 0 spiro atoms. The predicted octanol–water partition coefficient (Wildman–Crippen LogP) is 2.10. The van der Waals surface area contributed by atoms with Crippen LogP contribution in [0.2, 0.25) is 0 Å². The van der Waals surface area contributed by atoms with Crippen molar-refractivity contribution in [3.63, 3.8) is 0 Å². The molecule has 1 saturated heterocycles. The lowest BCUT2D eigenvalue weighted by Crippen LogP contribution is -2.49. The first-order valence-corrected chi connectivity index (χ1v) is 8.51. The van der Waals surface area contributed by atoms with E-state index in [1.807, 2.05) is 6.92 Å². The van der Waals surface area contributed by atoms with Crippen molar-refractivity contribution in [1.29, 1.82) is 0 Å². The van der Waals surface area contributed by atoms with E-state index in [2.05, 4.69) is 0 Å². The second kappa shape index (κ2) is 6.37. The van der Waals surface area contributed by atoms with E-state index in [4.69, 9.17) is 5.73 Å². The summed E-state index contributed by atoms with van der Waals surface area (Å²) in [5, 5.41) is 0. The lowest BCUT2D eigenvalue weighted by Gasteiger charge is -2.37. The Bertz CT molecular complexity index is 587. The molecule has 1 aromatic carbocycles. The summed E-state index contributed by atoms with van der Waals surface area (Å²) < 4.78 is 53.9. The third kappa shape index (κ3) is 3.09. The smallest absolute Gasteiger partial charge is 0.249 e. The van der Waals surface area contributed by atoms with Crippen LogP contribution in [0.5, 0.6) is 0 Å². The molecule has 0 radical (unpaired) electrons. The SMILES string of the molecule is CCC1CCN(S(=O)(=O)c2c(F)cccc2F)C(CN)C1. The van der Waals surface area contributed by atoms with E-state index in [0.29, 0.717) is 18.8 Å². The van der Waals surface area contributed by atoms with Gasteiger partial charge in [0.15, 0.2) is 4.90 Å². The molecule has 0 bridgehead atoms. The third-order valence-electron chi connectivity index (χ3n) is 4.11. The topological polar surface area (TPSA) is 63.4 Å². The van der Waals surface area contributed by atoms with Gasteiger partial charge in [-0.2, -0.15) is 4.31 Å². The minimum absolute atomic E-state index is 0.145. The molecule has 2 rings (SSSR count). The molecular formula is C14H20F2N2O2S. The molecular weight excluding hydrogens is 298 g/mol. The summed E-state index contributed by atoms with van der Waals surface area (Å²) in [6, 6.07) is 2.64. The molecule has 2 unspecified atom stereocenters. The van der Waals surface area contributed by atoms with Crippen LogP contribution >= 0.6 is 0 Å². The maximum Gasteiger partial charge on any atom is 0.249 e. The number of sulfonamides is 1. The van der Waals surface area contributed by atoms with E-state index in [1.54, 1.807) is 0 Å². The molecule has 1 aliphatic rings. The summed E-state index contributed by atoms with van der Waals surface area (Å²) in [4.78, 5) is -0.876. The maximum atomic E-state index is 13.8. The van der Waals surface area contributed by atoms with Crippen LogP contribution in [0.4, 0.5) is 8.78 Å². The van der Waals surface area contributed by atoms with Crippen molar-refractivity contribution in [2.24, 2.45) is 11.7 Å². The van der Waals surface area contributed by atoms with Gasteiger partial charge in [0.05, 0.1) is 0 Å². The molecule has 21 heavy (non-hydrogen) atoms. The highest BCUT2D eigenvalue weighted by molar-refractivity contribution is 7.89. The van der Waals surface area contributed by atoms with Crippen molar-refractivity contribution in [1.82, 2.24) is 4.31 Å². The lowest BCUT2D eigenvalue weighted by atomic mass is 9.90. The molecule has 118 valence electrons. The van der Waals surface area contributed by atoms with Crippen molar-refractivity contribution in [3.05, 3.63) is 29.8 Å². The van der Waals surface area contributed by atoms with Crippen LogP contribution in [0.25, 0.3) is 0 Å². The highest BCUT2D eigenvalue weighted by Gasteiger charge is 2.38. The molecule has 0 amide bonds. The zero-order chi connectivity index (χ0) is 15.6. The Balaban J connectivity index is 2.39. The van der Waals surface area contributed by atoms with E-state index in [0.717, 1.165) is 28.9 Å². The number of hydrogen-bond donors (Lipinski definition) is 1. The van der Waals surface area contributed by atoms with Crippen LogP contribution in [0.3, 0.4) is 0 Å². The Labute approximate surface area is 124 Å². The predicted molar refractivity (Wildman–Crippen MR) is 76.1 cm³/mol. The van der Waals surface area contributed by atoms with E-state index in [1.165, 1.54) is 0 Å². The van der Waals surface area contributed by atoms with E-state index in [9.17, 15) is 17.2 Å². The molecule has 0 aliphatic carbocycles. The number of halogens is 2. The monoisotopic (exact) mass is 318 g/mol. The number of piperidine rings is 1. The summed E-state index contributed by atoms with van der Waals surface area (Å²) >= 11 is 0. The molecule has 1 fully saturated rings. The largest absolute Gasteiger partial charge is 0.329 e. The van der Waals surface area contributed by atoms with Crippen molar-refractivity contribution in [2.45, 2.75) is 37.1 Å². The minimum Gasteiger partial charge on any atom is -0.329 e. The molecule has 1 aromatic rings. The lowest BCUT2D eigenvalue weighted by molar-refractivity contribution is 0.197. The van der Waals surface area contributed by atoms with Gasteiger partial charge in [-0.25, -0.2) is 17.2 Å². The van der Waals surface area contributed by atoms with Crippen LogP contribution in [0.15, 0.2) is 23.1 Å². The summed E-state index contributed by atoms with van der Waals surface area (Å²) in [7, 11) is -4.21. The number of nitrogens with two attached hydrogens (primary N) is 1. The first-order valence-electron chi connectivity index (χ1n) is 7.07. The molecule has 1 heterocycles. The van der Waals surface area contributed by atoms with Crippen LogP contribution in [0, 0.1) is 17.6 Å². The van der Waals surface area contributed by atoms with Crippen LogP contribution < -0.4 is 5.73 Å². The quantitative estimate of drug-likeness (QED) is 0.925. The molecule has 4 nitrogen and oxygen atoms in total. The minimum atomic E-state index is -4.21. The first-order chi connectivity index (χ1) is 9.91. The maximum absolute atomic E-state index is 13.8. The van der Waals surface area contributed by atoms with E-state index < -0.39 is 32.6 Å². The fourth-order valence-corrected chi connectivity index (χ4v) is 4.63. The van der Waals surface area contributed by atoms with Gasteiger partial charge < -0.3 is 5.73 Å². The van der Waals surface area contributed by atoms with Gasteiger partial charge in [-0.15, -0.1) is 0 Å².